The summed E-state index contributed by atoms with van der Waals surface area (Å²) in [5, 5.41) is 3.47. The van der Waals surface area contributed by atoms with Gasteiger partial charge in [-0.05, 0) is 37.1 Å². The summed E-state index contributed by atoms with van der Waals surface area (Å²) in [6, 6.07) is 8.36. The molecule has 0 aromatic heterocycles. The summed E-state index contributed by atoms with van der Waals surface area (Å²) in [5.41, 5.74) is 1.20. The van der Waals surface area contributed by atoms with Gasteiger partial charge in [0.15, 0.2) is 0 Å². The van der Waals surface area contributed by atoms with Gasteiger partial charge in [0.1, 0.15) is 0 Å². The number of anilines is 1. The number of nitrogens with zero attached hydrogens (tertiary/aromatic N) is 1. The van der Waals surface area contributed by atoms with Gasteiger partial charge in [-0.1, -0.05) is 35.3 Å². The lowest BCUT2D eigenvalue weighted by Gasteiger charge is -2.16. The zero-order valence-corrected chi connectivity index (χ0v) is 12.0. The molecule has 1 heterocycles. The second-order valence-electron chi connectivity index (χ2n) is 4.80. The molecule has 1 aromatic carbocycles. The summed E-state index contributed by atoms with van der Waals surface area (Å²) >= 11 is 3.49. The minimum atomic E-state index is 0.931. The molecule has 0 saturated carbocycles. The van der Waals surface area contributed by atoms with Gasteiger partial charge in [0, 0.05) is 29.8 Å². The topological polar surface area (TPSA) is 15.3 Å². The van der Waals surface area contributed by atoms with Gasteiger partial charge in [0.05, 0.1) is 0 Å². The van der Waals surface area contributed by atoms with Crippen molar-refractivity contribution in [2.45, 2.75) is 19.8 Å². The van der Waals surface area contributed by atoms with E-state index in [4.69, 9.17) is 0 Å². The van der Waals surface area contributed by atoms with E-state index in [0.29, 0.717) is 0 Å². The van der Waals surface area contributed by atoms with E-state index in [0.717, 1.165) is 23.5 Å². The van der Waals surface area contributed by atoms with Crippen molar-refractivity contribution in [3.8, 4) is 0 Å². The van der Waals surface area contributed by atoms with Gasteiger partial charge >= 0.3 is 0 Å². The Kier molecular flexibility index (Phi) is 4.86. The van der Waals surface area contributed by atoms with Crippen molar-refractivity contribution in [3.63, 3.8) is 0 Å². The zero-order valence-electron chi connectivity index (χ0n) is 10.5. The number of hydrogen-bond acceptors (Lipinski definition) is 2. The predicted octanol–water partition coefficient (Wildman–Crippen LogP) is 3.59. The Morgan fingerprint density at radius 2 is 2.35 bits per heavy atom. The Bertz CT molecular complexity index is 354. The first-order valence-corrected chi connectivity index (χ1v) is 7.29. The molecule has 2 nitrogen and oxygen atoms in total. The molecule has 1 unspecified atom stereocenters. The normalized spacial score (nSPS) is 20.7. The maximum absolute atomic E-state index is 3.49. The highest BCUT2D eigenvalue weighted by molar-refractivity contribution is 9.10. The fraction of sp³-hybridized carbons (Fsp3) is 0.571. The van der Waals surface area contributed by atoms with Crippen molar-refractivity contribution < 1.29 is 0 Å². The molecule has 3 heteroatoms. The maximum Gasteiger partial charge on any atom is 0.0351 e. The standard InChI is InChI=1S/C14H21BrN2/c1-2-12-6-8-17(11-12)9-7-16-14-5-3-4-13(15)10-14/h3-5,10,12,16H,2,6-9,11H2,1H3. The summed E-state index contributed by atoms with van der Waals surface area (Å²) in [6.07, 6.45) is 2.71. The Balaban J connectivity index is 1.70. The maximum atomic E-state index is 3.49. The van der Waals surface area contributed by atoms with Gasteiger partial charge in [-0.3, -0.25) is 0 Å². The van der Waals surface area contributed by atoms with Crippen LogP contribution in [0, 0.1) is 5.92 Å². The lowest BCUT2D eigenvalue weighted by Crippen LogP contribution is -2.26. The number of rotatable bonds is 5. The smallest absolute Gasteiger partial charge is 0.0351 e. The molecule has 1 fully saturated rings. The lowest BCUT2D eigenvalue weighted by molar-refractivity contribution is 0.335. The van der Waals surface area contributed by atoms with Gasteiger partial charge in [0.25, 0.3) is 0 Å². The van der Waals surface area contributed by atoms with Crippen molar-refractivity contribution >= 4 is 21.6 Å². The van der Waals surface area contributed by atoms with E-state index in [-0.39, 0.29) is 0 Å². The van der Waals surface area contributed by atoms with Gasteiger partial charge in [-0.25, -0.2) is 0 Å². The summed E-state index contributed by atoms with van der Waals surface area (Å²) in [6.45, 7) is 7.05. The third-order valence-corrected chi connectivity index (χ3v) is 4.02. The molecule has 17 heavy (non-hydrogen) atoms. The first kappa shape index (κ1) is 12.9. The predicted molar refractivity (Wildman–Crippen MR) is 77.5 cm³/mol. The molecule has 1 N–H and O–H groups in total. The molecule has 1 saturated heterocycles. The highest BCUT2D eigenvalue weighted by Gasteiger charge is 2.19. The average molecular weight is 297 g/mol. The molecule has 1 atom stereocenters. The molecule has 0 bridgehead atoms. The summed E-state index contributed by atoms with van der Waals surface area (Å²) in [4.78, 5) is 2.57. The van der Waals surface area contributed by atoms with Crippen molar-refractivity contribution in [2.24, 2.45) is 5.92 Å². The third-order valence-electron chi connectivity index (χ3n) is 3.53. The summed E-state index contributed by atoms with van der Waals surface area (Å²) < 4.78 is 1.13. The van der Waals surface area contributed by atoms with E-state index in [1.54, 1.807) is 0 Å². The highest BCUT2D eigenvalue weighted by Crippen LogP contribution is 2.19. The number of hydrogen-bond donors (Lipinski definition) is 1. The van der Waals surface area contributed by atoms with Crippen LogP contribution in [0.1, 0.15) is 19.8 Å². The second-order valence-corrected chi connectivity index (χ2v) is 5.72. The van der Waals surface area contributed by atoms with Crippen molar-refractivity contribution in [2.75, 3.05) is 31.5 Å². The Labute approximate surface area is 113 Å². The minimum Gasteiger partial charge on any atom is -0.384 e. The molecule has 94 valence electrons. The van der Waals surface area contributed by atoms with E-state index in [9.17, 15) is 0 Å². The molecule has 1 aliphatic rings. The Morgan fingerprint density at radius 3 is 3.06 bits per heavy atom. The lowest BCUT2D eigenvalue weighted by atomic mass is 10.1. The molecule has 0 amide bonds. The first-order chi connectivity index (χ1) is 8.28. The molecular formula is C14H21BrN2. The van der Waals surface area contributed by atoms with Crippen LogP contribution in [0.5, 0.6) is 0 Å². The summed E-state index contributed by atoms with van der Waals surface area (Å²) in [5.74, 6) is 0.931. The molecular weight excluding hydrogens is 276 g/mol. The van der Waals surface area contributed by atoms with Crippen LogP contribution < -0.4 is 5.32 Å². The molecule has 0 aliphatic carbocycles. The van der Waals surface area contributed by atoms with Crippen molar-refractivity contribution in [1.29, 1.82) is 0 Å². The van der Waals surface area contributed by atoms with Crippen molar-refractivity contribution in [3.05, 3.63) is 28.7 Å². The monoisotopic (exact) mass is 296 g/mol. The number of nitrogens with one attached hydrogen (secondary N) is 1. The van der Waals surface area contributed by atoms with Crippen molar-refractivity contribution in [1.82, 2.24) is 4.90 Å². The van der Waals surface area contributed by atoms with Gasteiger partial charge < -0.3 is 10.2 Å². The second kappa shape index (κ2) is 6.41. The van der Waals surface area contributed by atoms with E-state index in [1.165, 1.54) is 31.6 Å². The van der Waals surface area contributed by atoms with E-state index >= 15 is 0 Å². The van der Waals surface area contributed by atoms with Gasteiger partial charge in [-0.2, -0.15) is 0 Å². The fourth-order valence-corrected chi connectivity index (χ4v) is 2.81. The van der Waals surface area contributed by atoms with Crippen LogP contribution in [0.2, 0.25) is 0 Å². The Hall–Kier alpha value is -0.540. The molecule has 1 aliphatic heterocycles. The van der Waals surface area contributed by atoms with E-state index < -0.39 is 0 Å². The van der Waals surface area contributed by atoms with Crippen LogP contribution in [0.15, 0.2) is 28.7 Å². The van der Waals surface area contributed by atoms with E-state index in [2.05, 4.69) is 57.3 Å². The molecule has 0 radical (unpaired) electrons. The number of likely N-dealkylation sites (tertiary alicyclic amines) is 1. The van der Waals surface area contributed by atoms with Gasteiger partial charge in [-0.15, -0.1) is 0 Å². The van der Waals surface area contributed by atoms with Crippen LogP contribution in [0.3, 0.4) is 0 Å². The molecule has 1 aromatic rings. The largest absolute Gasteiger partial charge is 0.384 e. The third kappa shape index (κ3) is 4.00. The molecule has 2 rings (SSSR count). The Morgan fingerprint density at radius 1 is 1.47 bits per heavy atom. The first-order valence-electron chi connectivity index (χ1n) is 6.49. The van der Waals surface area contributed by atoms with Gasteiger partial charge in [0.2, 0.25) is 0 Å². The van der Waals surface area contributed by atoms with Crippen LogP contribution in [0.25, 0.3) is 0 Å². The number of benzene rings is 1. The number of halogens is 1. The average Bonchev–Trinajstić information content (AvgIpc) is 2.77. The van der Waals surface area contributed by atoms with Crippen LogP contribution in [0.4, 0.5) is 5.69 Å². The minimum absolute atomic E-state index is 0.931. The summed E-state index contributed by atoms with van der Waals surface area (Å²) in [7, 11) is 0. The zero-order chi connectivity index (χ0) is 12.1. The fourth-order valence-electron chi connectivity index (χ4n) is 2.41. The SMILES string of the molecule is CCC1CCN(CCNc2cccc(Br)c2)C1. The van der Waals surface area contributed by atoms with Crippen LogP contribution in [-0.4, -0.2) is 31.1 Å². The highest BCUT2D eigenvalue weighted by atomic mass is 79.9. The van der Waals surface area contributed by atoms with E-state index in [1.807, 2.05) is 0 Å². The van der Waals surface area contributed by atoms with Crippen LogP contribution in [-0.2, 0) is 0 Å². The van der Waals surface area contributed by atoms with Crippen LogP contribution >= 0.6 is 15.9 Å². The quantitative estimate of drug-likeness (QED) is 0.893. The molecule has 0 spiro atoms.